The third kappa shape index (κ3) is 3.17. The fourth-order valence-corrected chi connectivity index (χ4v) is 4.98. The molecule has 0 bridgehead atoms. The summed E-state index contributed by atoms with van der Waals surface area (Å²) in [6.45, 7) is 10.6. The molecule has 0 saturated carbocycles. The molecule has 24 heavy (non-hydrogen) atoms. The number of carbonyl (C=O) groups is 1. The maximum absolute atomic E-state index is 10.8. The molecule has 0 aliphatic carbocycles. The number of halogens is 1. The number of nitrogens with zero attached hydrogens (tertiary/aromatic N) is 1. The molecule has 1 aliphatic heterocycles. The highest BCUT2D eigenvalue weighted by molar-refractivity contribution is 7.16. The fourth-order valence-electron chi connectivity index (χ4n) is 3.52. The normalized spacial score (nSPS) is 16.5. The zero-order valence-corrected chi connectivity index (χ0v) is 16.1. The molecule has 0 radical (unpaired) electrons. The number of carbonyl (C=O) groups excluding carboxylic acids is 1. The van der Waals surface area contributed by atoms with Crippen LogP contribution in [0.4, 0.5) is 11.4 Å². The van der Waals surface area contributed by atoms with E-state index in [1.165, 1.54) is 16.1 Å². The van der Waals surface area contributed by atoms with Gasteiger partial charge >= 0.3 is 0 Å². The van der Waals surface area contributed by atoms with Crippen LogP contribution in [0, 0.1) is 13.8 Å². The maximum Gasteiger partial charge on any atom is 0.211 e. The minimum atomic E-state index is 0.136. The van der Waals surface area contributed by atoms with Gasteiger partial charge in [-0.15, -0.1) is 11.3 Å². The lowest BCUT2D eigenvalue weighted by molar-refractivity contribution is -0.105. The number of anilines is 2. The predicted molar refractivity (Wildman–Crippen MR) is 104 cm³/mol. The van der Waals surface area contributed by atoms with Gasteiger partial charge in [0, 0.05) is 22.8 Å². The molecule has 0 unspecified atom stereocenters. The minimum absolute atomic E-state index is 0.136. The summed E-state index contributed by atoms with van der Waals surface area (Å²) in [7, 11) is 0. The van der Waals surface area contributed by atoms with Crippen LogP contribution in [-0.4, -0.2) is 13.0 Å². The summed E-state index contributed by atoms with van der Waals surface area (Å²) in [4.78, 5) is 14.6. The number of fused-ring (bicyclic) bond motifs is 1. The number of hydrogen-bond donors (Lipinski definition) is 1. The summed E-state index contributed by atoms with van der Waals surface area (Å²) >= 11 is 7.98. The summed E-state index contributed by atoms with van der Waals surface area (Å²) in [5.41, 5.74) is 5.80. The molecule has 1 aromatic heterocycles. The van der Waals surface area contributed by atoms with Gasteiger partial charge in [0.05, 0.1) is 10.9 Å². The number of benzene rings is 1. The molecule has 128 valence electrons. The molecule has 1 amide bonds. The van der Waals surface area contributed by atoms with Crippen molar-refractivity contribution in [1.29, 1.82) is 0 Å². The molecular weight excluding hydrogens is 340 g/mol. The number of nitrogens with one attached hydrogen (secondary N) is 1. The van der Waals surface area contributed by atoms with E-state index in [0.717, 1.165) is 47.1 Å². The monoisotopic (exact) mass is 362 g/mol. The van der Waals surface area contributed by atoms with E-state index in [1.807, 2.05) is 13.8 Å². The number of hydrogen-bond acceptors (Lipinski definition) is 3. The van der Waals surface area contributed by atoms with Crippen molar-refractivity contribution >= 4 is 40.7 Å². The highest BCUT2D eigenvalue weighted by Crippen LogP contribution is 2.41. The Kier molecular flexibility index (Phi) is 4.63. The molecule has 0 saturated heterocycles. The van der Waals surface area contributed by atoms with Crippen LogP contribution in [0.3, 0.4) is 0 Å². The molecule has 1 aromatic carbocycles. The van der Waals surface area contributed by atoms with Gasteiger partial charge in [-0.25, -0.2) is 0 Å². The molecule has 3 rings (SSSR count). The van der Waals surface area contributed by atoms with Crippen LogP contribution < -0.4 is 10.2 Å². The average molecular weight is 363 g/mol. The molecule has 1 aliphatic rings. The standard InChI is InChI=1S/C19H23ClN2OS/c1-12-7-14(8-13(2)18(12)21-11-23)22-6-5-19(3,4)15-9-17(20)24-16(15)10-22/h7-9,11H,5-6,10H2,1-4H3,(H,21,23). The Balaban J connectivity index is 1.98. The molecule has 0 atom stereocenters. The average Bonchev–Trinajstić information content (AvgIpc) is 2.83. The van der Waals surface area contributed by atoms with Crippen LogP contribution >= 0.6 is 22.9 Å². The first-order valence-corrected chi connectivity index (χ1v) is 9.36. The van der Waals surface area contributed by atoms with Gasteiger partial charge in [0.1, 0.15) is 0 Å². The first-order valence-electron chi connectivity index (χ1n) is 8.17. The SMILES string of the molecule is Cc1cc(N2CCC(C)(C)c3cc(Cl)sc3C2)cc(C)c1NC=O. The van der Waals surface area contributed by atoms with E-state index < -0.39 is 0 Å². The molecule has 0 spiro atoms. The quantitative estimate of drug-likeness (QED) is 0.754. The molecular formula is C19H23ClN2OS. The Hall–Kier alpha value is -1.52. The second-order valence-electron chi connectivity index (χ2n) is 7.16. The van der Waals surface area contributed by atoms with E-state index in [-0.39, 0.29) is 5.41 Å². The van der Waals surface area contributed by atoms with Crippen LogP contribution in [0.15, 0.2) is 18.2 Å². The summed E-state index contributed by atoms with van der Waals surface area (Å²) in [6.07, 6.45) is 1.82. The Labute approximate surface area is 152 Å². The molecule has 5 heteroatoms. The Morgan fingerprint density at radius 2 is 1.92 bits per heavy atom. The number of thiophene rings is 1. The second kappa shape index (κ2) is 6.41. The number of rotatable bonds is 3. The second-order valence-corrected chi connectivity index (χ2v) is 8.93. The van der Waals surface area contributed by atoms with Gasteiger partial charge < -0.3 is 10.2 Å². The zero-order chi connectivity index (χ0) is 17.5. The third-order valence-electron chi connectivity index (χ3n) is 4.94. The van der Waals surface area contributed by atoms with E-state index in [2.05, 4.69) is 42.3 Å². The van der Waals surface area contributed by atoms with Crippen molar-refractivity contribution in [3.8, 4) is 0 Å². The van der Waals surface area contributed by atoms with E-state index >= 15 is 0 Å². The first kappa shape index (κ1) is 17.3. The predicted octanol–water partition coefficient (Wildman–Crippen LogP) is 5.27. The minimum Gasteiger partial charge on any atom is -0.366 e. The fraction of sp³-hybridized carbons (Fsp3) is 0.421. The largest absolute Gasteiger partial charge is 0.366 e. The molecule has 0 fully saturated rings. The smallest absolute Gasteiger partial charge is 0.211 e. The zero-order valence-electron chi connectivity index (χ0n) is 14.6. The van der Waals surface area contributed by atoms with Crippen molar-refractivity contribution in [2.24, 2.45) is 0 Å². The highest BCUT2D eigenvalue weighted by Gasteiger charge is 2.30. The van der Waals surface area contributed by atoms with E-state index in [0.29, 0.717) is 0 Å². The number of amides is 1. The summed E-state index contributed by atoms with van der Waals surface area (Å²) < 4.78 is 0.868. The lowest BCUT2D eigenvalue weighted by Gasteiger charge is -2.26. The van der Waals surface area contributed by atoms with Crippen molar-refractivity contribution < 1.29 is 4.79 Å². The van der Waals surface area contributed by atoms with Crippen molar-refractivity contribution in [3.63, 3.8) is 0 Å². The van der Waals surface area contributed by atoms with Gasteiger partial charge in [-0.1, -0.05) is 25.4 Å². The summed E-state index contributed by atoms with van der Waals surface area (Å²) in [6, 6.07) is 6.46. The lowest BCUT2D eigenvalue weighted by atomic mass is 9.82. The van der Waals surface area contributed by atoms with Crippen LogP contribution in [0.25, 0.3) is 0 Å². The molecule has 3 nitrogen and oxygen atoms in total. The summed E-state index contributed by atoms with van der Waals surface area (Å²) in [5.74, 6) is 0. The van der Waals surface area contributed by atoms with Crippen LogP contribution in [0.5, 0.6) is 0 Å². The molecule has 2 aromatic rings. The van der Waals surface area contributed by atoms with Gasteiger partial charge in [-0.2, -0.15) is 0 Å². The highest BCUT2D eigenvalue weighted by atomic mass is 35.5. The first-order chi connectivity index (χ1) is 11.3. The Bertz CT molecular complexity index is 759. The Morgan fingerprint density at radius 3 is 2.54 bits per heavy atom. The molecule has 1 N–H and O–H groups in total. The lowest BCUT2D eigenvalue weighted by Crippen LogP contribution is -2.25. The third-order valence-corrected chi connectivity index (χ3v) is 6.18. The van der Waals surface area contributed by atoms with Crippen LogP contribution in [-0.2, 0) is 16.8 Å². The Morgan fingerprint density at radius 1 is 1.25 bits per heavy atom. The van der Waals surface area contributed by atoms with Gasteiger partial charge in [0.2, 0.25) is 6.41 Å². The maximum atomic E-state index is 10.8. The van der Waals surface area contributed by atoms with Crippen molar-refractivity contribution in [2.75, 3.05) is 16.8 Å². The van der Waals surface area contributed by atoms with E-state index in [4.69, 9.17) is 11.6 Å². The molecule has 2 heterocycles. The summed E-state index contributed by atoms with van der Waals surface area (Å²) in [5, 5.41) is 2.80. The van der Waals surface area contributed by atoms with Gasteiger partial charge in [-0.3, -0.25) is 4.79 Å². The topological polar surface area (TPSA) is 32.3 Å². The van der Waals surface area contributed by atoms with Crippen molar-refractivity contribution in [1.82, 2.24) is 0 Å². The number of aryl methyl sites for hydroxylation is 2. The van der Waals surface area contributed by atoms with Gasteiger partial charge in [-0.05, 0) is 60.6 Å². The van der Waals surface area contributed by atoms with Gasteiger partial charge in [0.15, 0.2) is 0 Å². The van der Waals surface area contributed by atoms with Gasteiger partial charge in [0.25, 0.3) is 0 Å². The van der Waals surface area contributed by atoms with Crippen molar-refractivity contribution in [3.05, 3.63) is 44.1 Å². The van der Waals surface area contributed by atoms with E-state index in [1.54, 1.807) is 11.3 Å². The van der Waals surface area contributed by atoms with E-state index in [9.17, 15) is 4.79 Å². The van der Waals surface area contributed by atoms with Crippen LogP contribution in [0.2, 0.25) is 4.34 Å². The van der Waals surface area contributed by atoms with Crippen molar-refractivity contribution in [2.45, 2.75) is 46.1 Å². The van der Waals surface area contributed by atoms with Crippen LogP contribution in [0.1, 0.15) is 41.8 Å².